The van der Waals surface area contributed by atoms with E-state index in [1.807, 2.05) is 0 Å². The number of benzene rings is 1. The molecule has 1 aromatic heterocycles. The largest absolute Gasteiger partial charge is 0.472 e. The molecule has 0 aliphatic carbocycles. The molecule has 1 aliphatic heterocycles. The number of β-lactam (4-membered cyclic amide) rings is 1. The van der Waals surface area contributed by atoms with Gasteiger partial charge in [-0.05, 0) is 24.2 Å². The van der Waals surface area contributed by atoms with E-state index in [1.54, 1.807) is 6.92 Å². The number of ketones is 1. The highest BCUT2D eigenvalue weighted by Gasteiger charge is 2.51. The fraction of sp³-hybridized carbons (Fsp3) is 0.300. The van der Waals surface area contributed by atoms with Gasteiger partial charge in [-0.2, -0.15) is 4.79 Å². The Hall–Kier alpha value is -4.71. The minimum absolute atomic E-state index is 0.135. The maximum atomic E-state index is 12.8. The number of nitrogens with one attached hydrogen (secondary N) is 1. The van der Waals surface area contributed by atoms with Gasteiger partial charge in [0.25, 0.3) is 17.4 Å². The molecule has 2 heterocycles. The maximum absolute atomic E-state index is 12.8. The molecule has 1 N–H and O–H groups in total. The van der Waals surface area contributed by atoms with E-state index in [2.05, 4.69) is 24.5 Å². The van der Waals surface area contributed by atoms with E-state index in [4.69, 9.17) is 4.74 Å². The van der Waals surface area contributed by atoms with Crippen LogP contribution in [0, 0.1) is 22.0 Å². The molecule has 2 aromatic rings. The first-order chi connectivity index (χ1) is 16.1. The van der Waals surface area contributed by atoms with Gasteiger partial charge in [0.05, 0.1) is 22.4 Å². The molecule has 1 aliphatic rings. The molecule has 1 fully saturated rings. The van der Waals surface area contributed by atoms with Crippen LogP contribution in [0.1, 0.15) is 24.2 Å². The third-order valence-corrected chi connectivity index (χ3v) is 5.20. The van der Waals surface area contributed by atoms with E-state index in [9.17, 15) is 34.8 Å². The molecule has 3 rings (SSSR count). The van der Waals surface area contributed by atoms with Crippen LogP contribution in [-0.4, -0.2) is 56.4 Å². The van der Waals surface area contributed by atoms with Crippen LogP contribution in [0.25, 0.3) is 5.53 Å². The number of aromatic nitrogens is 1. The van der Waals surface area contributed by atoms with Gasteiger partial charge in [0, 0.05) is 24.1 Å². The molecule has 0 unspecified atom stereocenters. The number of hydrogen-bond donors (Lipinski definition) is 1. The predicted octanol–water partition coefficient (Wildman–Crippen LogP) is 0.724. The molecule has 176 valence electrons. The zero-order valence-electron chi connectivity index (χ0n) is 17.7. The second-order valence-corrected chi connectivity index (χ2v) is 7.30. The Morgan fingerprint density at radius 3 is 2.44 bits per heavy atom. The first kappa shape index (κ1) is 23.9. The average Bonchev–Trinajstić information content (AvgIpc) is 3.30. The molecular formula is C20H17N5O9. The fourth-order valence-corrected chi connectivity index (χ4v) is 3.36. The average molecular weight is 471 g/mol. The number of carbonyl (C=O) groups excluding carboxylic acids is 4. The standard InChI is InChI=1S/C20H17N5O9/c1-9(15-14(18(27)22-15)10(2)33-13-7-8-32-24-13)17(26)16(23-21)20(29)34-19(28)11-3-5-12(6-4-11)25(30)31/h3-10,14-15H,1-2H3,(H,22,27)/t9-,10-,14-,15-/m1/s1. The van der Waals surface area contributed by atoms with Gasteiger partial charge in [0.1, 0.15) is 12.4 Å². The summed E-state index contributed by atoms with van der Waals surface area (Å²) in [7, 11) is 0. The minimum atomic E-state index is -1.53. The Balaban J connectivity index is 1.66. The van der Waals surface area contributed by atoms with Crippen LogP contribution >= 0.6 is 0 Å². The lowest BCUT2D eigenvalue weighted by molar-refractivity contribution is -0.384. The van der Waals surface area contributed by atoms with Crippen LogP contribution in [0.5, 0.6) is 5.88 Å². The molecular weight excluding hydrogens is 454 g/mol. The van der Waals surface area contributed by atoms with Gasteiger partial charge in [-0.1, -0.05) is 6.92 Å². The summed E-state index contributed by atoms with van der Waals surface area (Å²) in [5.41, 5.74) is 7.66. The number of nitro groups is 1. The summed E-state index contributed by atoms with van der Waals surface area (Å²) in [4.78, 5) is 62.0. The second kappa shape index (κ2) is 9.83. The van der Waals surface area contributed by atoms with E-state index >= 15 is 0 Å². The molecule has 0 saturated carbocycles. The van der Waals surface area contributed by atoms with E-state index in [0.29, 0.717) is 0 Å². The van der Waals surface area contributed by atoms with Crippen LogP contribution in [0.15, 0.2) is 41.1 Å². The van der Waals surface area contributed by atoms with Gasteiger partial charge in [-0.25, -0.2) is 9.59 Å². The zero-order chi connectivity index (χ0) is 25.0. The number of rotatable bonds is 9. The lowest BCUT2D eigenvalue weighted by Crippen LogP contribution is -2.66. The monoisotopic (exact) mass is 471 g/mol. The summed E-state index contributed by atoms with van der Waals surface area (Å²) >= 11 is 0. The zero-order valence-corrected chi connectivity index (χ0v) is 17.7. The van der Waals surface area contributed by atoms with Gasteiger partial charge in [0.2, 0.25) is 5.91 Å². The van der Waals surface area contributed by atoms with Crippen LogP contribution in [0.3, 0.4) is 0 Å². The van der Waals surface area contributed by atoms with Crippen molar-refractivity contribution in [2.24, 2.45) is 11.8 Å². The van der Waals surface area contributed by atoms with Crippen molar-refractivity contribution < 1.29 is 42.9 Å². The Kier molecular flexibility index (Phi) is 6.92. The number of carbonyl (C=O) groups is 4. The Morgan fingerprint density at radius 1 is 1.24 bits per heavy atom. The van der Waals surface area contributed by atoms with Crippen LogP contribution in [0.4, 0.5) is 5.69 Å². The molecule has 14 heteroatoms. The quantitative estimate of drug-likeness (QED) is 0.0792. The number of amides is 1. The Labute approximate surface area is 190 Å². The molecule has 1 amide bonds. The van der Waals surface area contributed by atoms with E-state index in [-0.39, 0.29) is 17.1 Å². The lowest BCUT2D eigenvalue weighted by Gasteiger charge is -2.42. The highest BCUT2D eigenvalue weighted by Crippen LogP contribution is 2.28. The maximum Gasteiger partial charge on any atom is 0.442 e. The van der Waals surface area contributed by atoms with Gasteiger partial charge in [0.15, 0.2) is 0 Å². The summed E-state index contributed by atoms with van der Waals surface area (Å²) in [6.45, 7) is 2.97. The van der Waals surface area contributed by atoms with Crippen molar-refractivity contribution in [1.82, 2.24) is 10.5 Å². The number of hydrogen-bond acceptors (Lipinski definition) is 10. The van der Waals surface area contributed by atoms with Crippen molar-refractivity contribution in [3.05, 3.63) is 57.8 Å². The highest BCUT2D eigenvalue weighted by molar-refractivity contribution is 6.63. The first-order valence-electron chi connectivity index (χ1n) is 9.78. The summed E-state index contributed by atoms with van der Waals surface area (Å²) in [5.74, 6) is -5.86. The number of Topliss-reactive ketones (excluding diaryl/α,β-unsaturated/α-hetero) is 1. The van der Waals surface area contributed by atoms with Crippen molar-refractivity contribution in [1.29, 1.82) is 0 Å². The normalized spacial score (nSPS) is 18.4. The van der Waals surface area contributed by atoms with E-state index < -0.39 is 58.2 Å². The predicted molar refractivity (Wildman–Crippen MR) is 108 cm³/mol. The number of ether oxygens (including phenoxy) is 2. The van der Waals surface area contributed by atoms with E-state index in [0.717, 1.165) is 24.3 Å². The summed E-state index contributed by atoms with van der Waals surface area (Å²) in [5, 5.41) is 16.8. The smallest absolute Gasteiger partial charge is 0.442 e. The highest BCUT2D eigenvalue weighted by atomic mass is 16.6. The number of nitro benzene ring substituents is 1. The third kappa shape index (κ3) is 4.86. The van der Waals surface area contributed by atoms with Crippen molar-refractivity contribution in [3.63, 3.8) is 0 Å². The van der Waals surface area contributed by atoms with Gasteiger partial charge in [-0.15, -0.1) is 0 Å². The van der Waals surface area contributed by atoms with Crippen LogP contribution in [-0.2, 0) is 19.1 Å². The van der Waals surface area contributed by atoms with Crippen LogP contribution in [0.2, 0.25) is 0 Å². The van der Waals surface area contributed by atoms with Gasteiger partial charge in [-0.3, -0.25) is 19.7 Å². The minimum Gasteiger partial charge on any atom is -0.472 e. The molecule has 4 atom stereocenters. The Morgan fingerprint density at radius 2 is 1.91 bits per heavy atom. The van der Waals surface area contributed by atoms with Crippen molar-refractivity contribution in [2.75, 3.05) is 0 Å². The fourth-order valence-electron chi connectivity index (χ4n) is 3.36. The summed E-state index contributed by atoms with van der Waals surface area (Å²) in [6.07, 6.45) is 0.560. The SMILES string of the molecule is C[C@@H](Oc1ccon1)[C@H]1C(=O)N[C@@H]1[C@@H](C)C(=O)C(=[N+]=[N-])C(=O)OC(=O)c1ccc([N+](=O)[O-])cc1. The topological polar surface area (TPSA) is 204 Å². The van der Waals surface area contributed by atoms with Crippen LogP contribution < -0.4 is 10.1 Å². The molecule has 1 aromatic carbocycles. The number of nitrogens with zero attached hydrogens (tertiary/aromatic N) is 4. The lowest BCUT2D eigenvalue weighted by atomic mass is 9.76. The molecule has 1 saturated heterocycles. The van der Waals surface area contributed by atoms with Gasteiger partial charge >= 0.3 is 17.7 Å². The first-order valence-corrected chi connectivity index (χ1v) is 9.78. The second-order valence-electron chi connectivity index (χ2n) is 7.30. The molecule has 0 radical (unpaired) electrons. The third-order valence-electron chi connectivity index (χ3n) is 5.20. The van der Waals surface area contributed by atoms with Gasteiger partial charge < -0.3 is 24.8 Å². The Bertz CT molecular complexity index is 1190. The molecule has 0 bridgehead atoms. The summed E-state index contributed by atoms with van der Waals surface area (Å²) in [6, 6.07) is 4.81. The van der Waals surface area contributed by atoms with Crippen molar-refractivity contribution >= 4 is 35.0 Å². The van der Waals surface area contributed by atoms with Crippen molar-refractivity contribution in [3.8, 4) is 5.88 Å². The number of non-ortho nitro benzene ring substituents is 1. The summed E-state index contributed by atoms with van der Waals surface area (Å²) < 4.78 is 14.7. The number of esters is 2. The van der Waals surface area contributed by atoms with E-state index in [1.165, 1.54) is 19.3 Å². The van der Waals surface area contributed by atoms with Crippen molar-refractivity contribution in [2.45, 2.75) is 26.0 Å². The molecule has 14 nitrogen and oxygen atoms in total. The molecule has 0 spiro atoms. The molecule has 34 heavy (non-hydrogen) atoms.